The molecule has 0 unspecified atom stereocenters. The highest BCUT2D eigenvalue weighted by molar-refractivity contribution is 7.96. The van der Waals surface area contributed by atoms with Gasteiger partial charge in [0.25, 0.3) is 0 Å². The fourth-order valence-electron chi connectivity index (χ4n) is 2.70. The van der Waals surface area contributed by atoms with Gasteiger partial charge in [-0.1, -0.05) is 31.2 Å². The Kier molecular flexibility index (Phi) is 4.14. The van der Waals surface area contributed by atoms with E-state index in [2.05, 4.69) is 15.5 Å². The van der Waals surface area contributed by atoms with Gasteiger partial charge in [0.1, 0.15) is 0 Å². The Labute approximate surface area is 92.2 Å². The molecule has 2 fully saturated rings. The average molecular weight is 214 g/mol. The van der Waals surface area contributed by atoms with Gasteiger partial charge in [-0.2, -0.15) is 0 Å². The molecule has 0 N–H and O–H groups in total. The van der Waals surface area contributed by atoms with Gasteiger partial charge in [-0.15, -0.1) is 0 Å². The van der Waals surface area contributed by atoms with Crippen LogP contribution in [0.25, 0.3) is 0 Å². The molecule has 14 heavy (non-hydrogen) atoms. The number of hydrogen-bond donors (Lipinski definition) is 0. The second-order valence-electron chi connectivity index (χ2n) is 4.44. The first-order valence-electron chi connectivity index (χ1n) is 5.93. The molecule has 1 aliphatic carbocycles. The average Bonchev–Trinajstić information content (AvgIpc) is 2.30. The highest BCUT2D eigenvalue weighted by atomic mass is 32.2. The fourth-order valence-corrected chi connectivity index (χ4v) is 3.23. The molecule has 1 aliphatic heterocycles. The van der Waals surface area contributed by atoms with Crippen molar-refractivity contribution in [1.82, 2.24) is 9.21 Å². The second-order valence-corrected chi connectivity index (χ2v) is 5.32. The fraction of sp³-hybridized carbons (Fsp3) is 1.00. The Hall–Kier alpha value is 0.270. The van der Waals surface area contributed by atoms with E-state index < -0.39 is 0 Å². The van der Waals surface area contributed by atoms with E-state index in [-0.39, 0.29) is 0 Å². The van der Waals surface area contributed by atoms with Crippen LogP contribution in [0.3, 0.4) is 0 Å². The maximum Gasteiger partial charge on any atom is 0.0218 e. The Morgan fingerprint density at radius 3 is 2.14 bits per heavy atom. The van der Waals surface area contributed by atoms with Crippen LogP contribution in [0.5, 0.6) is 0 Å². The molecule has 1 saturated carbocycles. The third kappa shape index (κ3) is 2.65. The highest BCUT2D eigenvalue weighted by Crippen LogP contribution is 2.24. The molecular weight excluding hydrogens is 192 g/mol. The summed E-state index contributed by atoms with van der Waals surface area (Å²) in [6.45, 7) is 5.12. The topological polar surface area (TPSA) is 6.48 Å². The summed E-state index contributed by atoms with van der Waals surface area (Å²) < 4.78 is 2.49. The van der Waals surface area contributed by atoms with E-state index in [9.17, 15) is 0 Å². The standard InChI is InChI=1S/C11H22N2S/c1-14-13-9-7-12(8-10-13)11-5-3-2-4-6-11/h11H,2-10H2,1H3. The Morgan fingerprint density at radius 1 is 0.929 bits per heavy atom. The zero-order valence-electron chi connectivity index (χ0n) is 9.24. The zero-order valence-corrected chi connectivity index (χ0v) is 10.1. The van der Waals surface area contributed by atoms with Crippen molar-refractivity contribution < 1.29 is 0 Å². The smallest absolute Gasteiger partial charge is 0.0218 e. The van der Waals surface area contributed by atoms with Gasteiger partial charge >= 0.3 is 0 Å². The first-order chi connectivity index (χ1) is 6.90. The largest absolute Gasteiger partial charge is 0.298 e. The maximum atomic E-state index is 2.73. The van der Waals surface area contributed by atoms with Crippen LogP contribution in [-0.4, -0.2) is 47.7 Å². The third-order valence-electron chi connectivity index (χ3n) is 3.62. The second kappa shape index (κ2) is 5.38. The highest BCUT2D eigenvalue weighted by Gasteiger charge is 2.24. The van der Waals surface area contributed by atoms with Crippen molar-refractivity contribution in [3.05, 3.63) is 0 Å². The van der Waals surface area contributed by atoms with E-state index in [0.29, 0.717) is 0 Å². The van der Waals surface area contributed by atoms with Gasteiger partial charge in [-0.25, -0.2) is 4.31 Å². The van der Waals surface area contributed by atoms with Gasteiger partial charge in [-0.05, 0) is 19.1 Å². The van der Waals surface area contributed by atoms with Crippen LogP contribution >= 0.6 is 11.9 Å². The number of rotatable bonds is 2. The summed E-state index contributed by atoms with van der Waals surface area (Å²) in [5, 5.41) is 0. The monoisotopic (exact) mass is 214 g/mol. The lowest BCUT2D eigenvalue weighted by molar-refractivity contribution is 0.115. The minimum absolute atomic E-state index is 0.924. The molecule has 82 valence electrons. The molecule has 0 spiro atoms. The van der Waals surface area contributed by atoms with Gasteiger partial charge in [0.2, 0.25) is 0 Å². The zero-order chi connectivity index (χ0) is 9.80. The molecule has 2 nitrogen and oxygen atoms in total. The SMILES string of the molecule is CSN1CCN(C2CCCCC2)CC1. The summed E-state index contributed by atoms with van der Waals surface area (Å²) in [4.78, 5) is 2.73. The van der Waals surface area contributed by atoms with Crippen molar-refractivity contribution in [2.24, 2.45) is 0 Å². The minimum Gasteiger partial charge on any atom is -0.298 e. The summed E-state index contributed by atoms with van der Waals surface area (Å²) in [5.41, 5.74) is 0. The molecule has 0 amide bonds. The lowest BCUT2D eigenvalue weighted by Crippen LogP contribution is -2.48. The van der Waals surface area contributed by atoms with Crippen molar-refractivity contribution >= 4 is 11.9 Å². The van der Waals surface area contributed by atoms with Gasteiger partial charge in [-0.3, -0.25) is 4.90 Å². The molecule has 2 rings (SSSR count). The van der Waals surface area contributed by atoms with Crippen LogP contribution in [0, 0.1) is 0 Å². The minimum atomic E-state index is 0.924. The molecule has 0 radical (unpaired) electrons. The lowest BCUT2D eigenvalue weighted by atomic mass is 9.94. The molecule has 3 heteroatoms. The molecule has 1 saturated heterocycles. The summed E-state index contributed by atoms with van der Waals surface area (Å²) >= 11 is 1.90. The van der Waals surface area contributed by atoms with E-state index in [4.69, 9.17) is 0 Å². The van der Waals surface area contributed by atoms with Crippen molar-refractivity contribution in [3.63, 3.8) is 0 Å². The van der Waals surface area contributed by atoms with Crippen molar-refractivity contribution in [1.29, 1.82) is 0 Å². The Balaban J connectivity index is 1.76. The van der Waals surface area contributed by atoms with Crippen molar-refractivity contribution in [2.75, 3.05) is 32.4 Å². The van der Waals surface area contributed by atoms with Gasteiger partial charge in [0, 0.05) is 32.2 Å². The molecule has 0 bridgehead atoms. The lowest BCUT2D eigenvalue weighted by Gasteiger charge is -2.39. The molecule has 0 aromatic carbocycles. The first kappa shape index (κ1) is 10.8. The van der Waals surface area contributed by atoms with E-state index in [0.717, 1.165) is 6.04 Å². The van der Waals surface area contributed by atoms with Crippen LogP contribution in [-0.2, 0) is 0 Å². The number of piperazine rings is 1. The van der Waals surface area contributed by atoms with E-state index >= 15 is 0 Å². The van der Waals surface area contributed by atoms with E-state index in [1.165, 1.54) is 58.3 Å². The van der Waals surface area contributed by atoms with Crippen molar-refractivity contribution in [3.8, 4) is 0 Å². The molecular formula is C11H22N2S. The van der Waals surface area contributed by atoms with Crippen LogP contribution in [0.4, 0.5) is 0 Å². The van der Waals surface area contributed by atoms with Crippen LogP contribution in [0.15, 0.2) is 0 Å². The summed E-state index contributed by atoms with van der Waals surface area (Å²) in [5.74, 6) is 0. The molecule has 2 aliphatic rings. The Bertz CT molecular complexity index is 161. The van der Waals surface area contributed by atoms with E-state index in [1.807, 2.05) is 11.9 Å². The molecule has 0 aromatic heterocycles. The van der Waals surface area contributed by atoms with Gasteiger partial charge in [0.15, 0.2) is 0 Å². The molecule has 1 heterocycles. The first-order valence-corrected chi connectivity index (χ1v) is 7.11. The predicted octanol–water partition coefficient (Wildman–Crippen LogP) is 2.21. The molecule has 0 atom stereocenters. The predicted molar refractivity (Wildman–Crippen MR) is 63.5 cm³/mol. The van der Waals surface area contributed by atoms with Crippen LogP contribution < -0.4 is 0 Å². The summed E-state index contributed by atoms with van der Waals surface area (Å²) in [6.07, 6.45) is 9.51. The number of nitrogens with zero attached hydrogens (tertiary/aromatic N) is 2. The number of hydrogen-bond acceptors (Lipinski definition) is 3. The van der Waals surface area contributed by atoms with Gasteiger partial charge < -0.3 is 0 Å². The summed E-state index contributed by atoms with van der Waals surface area (Å²) in [7, 11) is 0. The van der Waals surface area contributed by atoms with Crippen LogP contribution in [0.1, 0.15) is 32.1 Å². The Morgan fingerprint density at radius 2 is 1.57 bits per heavy atom. The normalized spacial score (nSPS) is 28.1. The third-order valence-corrected chi connectivity index (χ3v) is 4.50. The maximum absolute atomic E-state index is 2.73. The van der Waals surface area contributed by atoms with E-state index in [1.54, 1.807) is 0 Å². The van der Waals surface area contributed by atoms with Crippen molar-refractivity contribution in [2.45, 2.75) is 38.1 Å². The summed E-state index contributed by atoms with van der Waals surface area (Å²) in [6, 6.07) is 0.924. The van der Waals surface area contributed by atoms with Gasteiger partial charge in [0.05, 0.1) is 0 Å². The van der Waals surface area contributed by atoms with Crippen LogP contribution in [0.2, 0.25) is 0 Å². The quantitative estimate of drug-likeness (QED) is 0.651. The molecule has 0 aromatic rings.